The Morgan fingerprint density at radius 3 is 2.57 bits per heavy atom. The van der Waals surface area contributed by atoms with Gasteiger partial charge < -0.3 is 0 Å². The maximum atomic E-state index is 13.2. The van der Waals surface area contributed by atoms with Gasteiger partial charge in [-0.25, -0.2) is 19.6 Å². The van der Waals surface area contributed by atoms with Gasteiger partial charge in [0, 0.05) is 10.9 Å². The summed E-state index contributed by atoms with van der Waals surface area (Å²) in [5.41, 5.74) is 5.04. The van der Waals surface area contributed by atoms with Crippen molar-refractivity contribution in [2.45, 2.75) is 13.8 Å². The van der Waals surface area contributed by atoms with Gasteiger partial charge in [-0.05, 0) is 44.2 Å². The number of hydrogen-bond acceptors (Lipinski definition) is 5. The van der Waals surface area contributed by atoms with Crippen molar-refractivity contribution in [1.29, 1.82) is 0 Å². The van der Waals surface area contributed by atoms with Crippen molar-refractivity contribution in [3.05, 3.63) is 87.3 Å². The molecule has 0 spiro atoms. The number of rotatable bonds is 4. The van der Waals surface area contributed by atoms with Crippen LogP contribution in [0.25, 0.3) is 16.5 Å². The Balaban J connectivity index is 1.58. The molecule has 0 aliphatic heterocycles. The molecule has 0 bridgehead atoms. The summed E-state index contributed by atoms with van der Waals surface area (Å²) in [6.07, 6.45) is 1.49. The Labute approximate surface area is 170 Å². The maximum Gasteiger partial charge on any atom is 0.292 e. The van der Waals surface area contributed by atoms with Crippen molar-refractivity contribution >= 4 is 22.9 Å². The zero-order valence-corrected chi connectivity index (χ0v) is 16.2. The van der Waals surface area contributed by atoms with E-state index in [0.29, 0.717) is 22.2 Å². The third-order valence-corrected chi connectivity index (χ3v) is 4.69. The summed E-state index contributed by atoms with van der Waals surface area (Å²) in [4.78, 5) is 24.4. The summed E-state index contributed by atoms with van der Waals surface area (Å²) in [5.74, 6) is -0.881. The second-order valence-corrected chi connectivity index (χ2v) is 6.62. The fourth-order valence-electron chi connectivity index (χ4n) is 3.17. The fraction of sp³-hybridized carbons (Fsp3) is 0.0952. The highest BCUT2D eigenvalue weighted by Crippen LogP contribution is 2.17. The minimum absolute atomic E-state index is 0.0674. The number of aromatic amines is 1. The van der Waals surface area contributed by atoms with Crippen LogP contribution in [-0.4, -0.2) is 32.1 Å². The third kappa shape index (κ3) is 3.48. The Morgan fingerprint density at radius 2 is 1.83 bits per heavy atom. The van der Waals surface area contributed by atoms with E-state index in [1.807, 2.05) is 13.8 Å². The maximum absolute atomic E-state index is 13.2. The topological polar surface area (TPSA) is 105 Å². The zero-order chi connectivity index (χ0) is 21.3. The van der Waals surface area contributed by atoms with Gasteiger partial charge in [0.1, 0.15) is 5.82 Å². The summed E-state index contributed by atoms with van der Waals surface area (Å²) >= 11 is 0. The minimum atomic E-state index is -0.556. The van der Waals surface area contributed by atoms with Crippen molar-refractivity contribution in [2.75, 3.05) is 0 Å². The first kappa shape index (κ1) is 19.2. The van der Waals surface area contributed by atoms with E-state index in [1.54, 1.807) is 41.1 Å². The second-order valence-electron chi connectivity index (χ2n) is 6.62. The highest BCUT2D eigenvalue weighted by atomic mass is 19.1. The summed E-state index contributed by atoms with van der Waals surface area (Å²) in [7, 11) is 0. The number of hydrazone groups is 1. The minimum Gasteiger partial charge on any atom is -0.267 e. The molecule has 4 rings (SSSR count). The fourth-order valence-corrected chi connectivity index (χ4v) is 3.17. The van der Waals surface area contributed by atoms with Gasteiger partial charge in [0.05, 0.1) is 28.7 Å². The number of nitrogens with zero attached hydrogens (tertiary/aromatic N) is 4. The van der Waals surface area contributed by atoms with Gasteiger partial charge >= 0.3 is 0 Å². The molecule has 9 heteroatoms. The first-order valence-electron chi connectivity index (χ1n) is 9.08. The zero-order valence-electron chi connectivity index (χ0n) is 16.2. The molecular weight excluding hydrogens is 387 g/mol. The van der Waals surface area contributed by atoms with Gasteiger partial charge in [0.25, 0.3) is 11.5 Å². The Morgan fingerprint density at radius 1 is 1.13 bits per heavy atom. The summed E-state index contributed by atoms with van der Waals surface area (Å²) in [6.45, 7) is 3.66. The molecule has 30 heavy (non-hydrogen) atoms. The molecule has 150 valence electrons. The van der Waals surface area contributed by atoms with Gasteiger partial charge in [-0.15, -0.1) is 0 Å². The summed E-state index contributed by atoms with van der Waals surface area (Å²) in [5, 5.41) is 15.4. The van der Waals surface area contributed by atoms with Crippen LogP contribution in [0.1, 0.15) is 27.4 Å². The predicted molar refractivity (Wildman–Crippen MR) is 110 cm³/mol. The lowest BCUT2D eigenvalue weighted by molar-refractivity contribution is 0.0951. The largest absolute Gasteiger partial charge is 0.292 e. The van der Waals surface area contributed by atoms with Gasteiger partial charge in [-0.2, -0.15) is 15.3 Å². The van der Waals surface area contributed by atoms with Crippen molar-refractivity contribution in [3.63, 3.8) is 0 Å². The molecule has 2 aromatic heterocycles. The molecule has 4 aromatic rings. The van der Waals surface area contributed by atoms with Crippen LogP contribution in [0.2, 0.25) is 0 Å². The number of fused-ring (bicyclic) bond motifs is 1. The summed E-state index contributed by atoms with van der Waals surface area (Å²) < 4.78 is 14.8. The number of nitrogens with one attached hydrogen (secondary N) is 2. The van der Waals surface area contributed by atoms with Crippen LogP contribution >= 0.6 is 0 Å². The standard InChI is InChI=1S/C21H17FN6O2/c1-12-18(13(2)28(27-12)15-9-7-14(22)8-10-15)11-23-25-21(30)19-16-5-3-4-6-17(16)20(29)26-24-19/h3-11H,1-2H3,(H,25,30)(H,26,29)/b23-11-. The normalized spacial score (nSPS) is 11.3. The molecular formula is C21H17FN6O2. The monoisotopic (exact) mass is 404 g/mol. The van der Waals surface area contributed by atoms with Crippen LogP contribution in [0.5, 0.6) is 0 Å². The average molecular weight is 404 g/mol. The Hall–Kier alpha value is -4.14. The van der Waals surface area contributed by atoms with Crippen LogP contribution in [0.4, 0.5) is 4.39 Å². The van der Waals surface area contributed by atoms with E-state index in [4.69, 9.17) is 0 Å². The lowest BCUT2D eigenvalue weighted by Crippen LogP contribution is -2.22. The summed E-state index contributed by atoms with van der Waals surface area (Å²) in [6, 6.07) is 12.7. The first-order valence-corrected chi connectivity index (χ1v) is 9.08. The number of aryl methyl sites for hydroxylation is 1. The Bertz CT molecular complexity index is 1340. The number of halogens is 1. The molecule has 2 heterocycles. The first-order chi connectivity index (χ1) is 14.5. The molecule has 2 N–H and O–H groups in total. The number of aromatic nitrogens is 4. The van der Waals surface area contributed by atoms with Crippen molar-refractivity contribution in [3.8, 4) is 5.69 Å². The molecule has 0 fully saturated rings. The van der Waals surface area contributed by atoms with E-state index in [2.05, 4.69) is 25.8 Å². The van der Waals surface area contributed by atoms with Crippen molar-refractivity contribution < 1.29 is 9.18 Å². The third-order valence-electron chi connectivity index (χ3n) is 4.69. The van der Waals surface area contributed by atoms with Gasteiger partial charge in [-0.3, -0.25) is 9.59 Å². The van der Waals surface area contributed by atoms with Gasteiger partial charge in [0.2, 0.25) is 0 Å². The average Bonchev–Trinajstić information content (AvgIpc) is 3.03. The van der Waals surface area contributed by atoms with Crippen LogP contribution < -0.4 is 11.0 Å². The van der Waals surface area contributed by atoms with E-state index in [-0.39, 0.29) is 17.1 Å². The highest BCUT2D eigenvalue weighted by molar-refractivity contribution is 6.04. The lowest BCUT2D eigenvalue weighted by Gasteiger charge is -2.04. The second kappa shape index (κ2) is 7.70. The molecule has 0 saturated heterocycles. The number of benzene rings is 2. The van der Waals surface area contributed by atoms with Crippen molar-refractivity contribution in [1.82, 2.24) is 25.4 Å². The molecule has 0 saturated carbocycles. The van der Waals surface area contributed by atoms with Gasteiger partial charge in [0.15, 0.2) is 5.69 Å². The van der Waals surface area contributed by atoms with E-state index in [0.717, 1.165) is 11.3 Å². The molecule has 8 nitrogen and oxygen atoms in total. The van der Waals surface area contributed by atoms with Crippen LogP contribution in [-0.2, 0) is 0 Å². The molecule has 2 aromatic carbocycles. The van der Waals surface area contributed by atoms with E-state index < -0.39 is 5.91 Å². The van der Waals surface area contributed by atoms with E-state index >= 15 is 0 Å². The number of carbonyl (C=O) groups excluding carboxylic acids is 1. The van der Waals surface area contributed by atoms with Crippen molar-refractivity contribution in [2.24, 2.45) is 5.10 Å². The quantitative estimate of drug-likeness (QED) is 0.403. The number of H-pyrrole nitrogens is 1. The molecule has 0 radical (unpaired) electrons. The molecule has 0 aliphatic carbocycles. The van der Waals surface area contributed by atoms with Gasteiger partial charge in [-0.1, -0.05) is 18.2 Å². The Kier molecular flexibility index (Phi) is 4.93. The number of amides is 1. The molecule has 0 atom stereocenters. The predicted octanol–water partition coefficient (Wildman–Crippen LogP) is 2.63. The smallest absolute Gasteiger partial charge is 0.267 e. The van der Waals surface area contributed by atoms with Crippen LogP contribution in [0.3, 0.4) is 0 Å². The van der Waals surface area contributed by atoms with E-state index in [9.17, 15) is 14.0 Å². The highest BCUT2D eigenvalue weighted by Gasteiger charge is 2.14. The number of carbonyl (C=O) groups is 1. The van der Waals surface area contributed by atoms with Crippen LogP contribution in [0.15, 0.2) is 58.4 Å². The molecule has 1 amide bonds. The lowest BCUT2D eigenvalue weighted by atomic mass is 10.1. The van der Waals surface area contributed by atoms with Crippen LogP contribution in [0, 0.1) is 19.7 Å². The van der Waals surface area contributed by atoms with E-state index in [1.165, 1.54) is 18.3 Å². The molecule has 0 unspecified atom stereocenters. The SMILES string of the molecule is Cc1nn(-c2ccc(F)cc2)c(C)c1/C=N\NC(=O)c1n[nH]c(=O)c2ccccc12. The number of hydrogen-bond donors (Lipinski definition) is 2. The molecule has 0 aliphatic rings.